The molecule has 38 heavy (non-hydrogen) atoms. The van der Waals surface area contributed by atoms with Gasteiger partial charge >= 0.3 is 0 Å². The third-order valence-corrected chi connectivity index (χ3v) is 6.76. The van der Waals surface area contributed by atoms with Crippen molar-refractivity contribution < 1.29 is 9.90 Å². The standard InChI is InChI=1S/C26H30N10O2/c1-4-17-11-34(25-29-7-16(6-27)8-30-25)14-21(17)33-23-20(24(28)37)10-32-36-13-18(5-22(23)36)19-9-31-35(12-19)15-26(2,3)38/h5,7-10,12-13,17,21,33,38H,4,11,14-15H2,1-3H3,(H2,28,37)/t17-,21-/m1/s1. The van der Waals surface area contributed by atoms with Crippen LogP contribution in [0.15, 0.2) is 43.2 Å². The first-order chi connectivity index (χ1) is 18.1. The van der Waals surface area contributed by atoms with Gasteiger partial charge in [0, 0.05) is 42.7 Å². The van der Waals surface area contributed by atoms with Crippen molar-refractivity contribution in [2.24, 2.45) is 11.7 Å². The highest BCUT2D eigenvalue weighted by atomic mass is 16.3. The zero-order valence-electron chi connectivity index (χ0n) is 21.5. The van der Waals surface area contributed by atoms with Crippen molar-refractivity contribution >= 4 is 23.1 Å². The van der Waals surface area contributed by atoms with Crippen molar-refractivity contribution in [2.45, 2.75) is 45.4 Å². The molecular weight excluding hydrogens is 484 g/mol. The van der Waals surface area contributed by atoms with Crippen LogP contribution in [0.2, 0.25) is 0 Å². The van der Waals surface area contributed by atoms with E-state index in [1.807, 2.05) is 24.5 Å². The Morgan fingerprint density at radius 2 is 1.95 bits per heavy atom. The zero-order valence-corrected chi connectivity index (χ0v) is 21.5. The van der Waals surface area contributed by atoms with Gasteiger partial charge in [0.05, 0.1) is 59.3 Å². The molecule has 4 N–H and O–H groups in total. The number of amides is 1. The Labute approximate surface area is 219 Å². The first kappa shape index (κ1) is 25.2. The summed E-state index contributed by atoms with van der Waals surface area (Å²) in [4.78, 5) is 23.2. The largest absolute Gasteiger partial charge is 0.389 e. The number of primary amides is 1. The molecule has 0 bridgehead atoms. The number of carbonyl (C=O) groups excluding carboxylic acids is 1. The number of hydrogen-bond donors (Lipinski definition) is 3. The number of aromatic nitrogens is 6. The second-order valence-electron chi connectivity index (χ2n) is 10.3. The number of nitrogens with zero attached hydrogens (tertiary/aromatic N) is 8. The van der Waals surface area contributed by atoms with Crippen LogP contribution < -0.4 is 16.0 Å². The Hall–Kier alpha value is -4.50. The number of rotatable bonds is 8. The Morgan fingerprint density at radius 3 is 2.61 bits per heavy atom. The maximum atomic E-state index is 12.4. The highest BCUT2D eigenvalue weighted by Crippen LogP contribution is 2.32. The number of hydrogen-bond acceptors (Lipinski definition) is 9. The van der Waals surface area contributed by atoms with E-state index >= 15 is 0 Å². The predicted molar refractivity (Wildman–Crippen MR) is 141 cm³/mol. The summed E-state index contributed by atoms with van der Waals surface area (Å²) in [5, 5.41) is 31.6. The number of nitriles is 1. The van der Waals surface area contributed by atoms with Gasteiger partial charge < -0.3 is 21.1 Å². The zero-order chi connectivity index (χ0) is 27.0. The summed E-state index contributed by atoms with van der Waals surface area (Å²) in [5.74, 6) is 0.258. The van der Waals surface area contributed by atoms with Crippen LogP contribution in [-0.2, 0) is 6.54 Å². The monoisotopic (exact) mass is 514 g/mol. The van der Waals surface area contributed by atoms with Crippen LogP contribution in [0.4, 0.5) is 11.6 Å². The number of anilines is 2. The minimum atomic E-state index is -0.891. The molecule has 1 saturated heterocycles. The molecule has 0 spiro atoms. The van der Waals surface area contributed by atoms with Crippen molar-refractivity contribution in [1.29, 1.82) is 5.26 Å². The van der Waals surface area contributed by atoms with Gasteiger partial charge in [-0.05, 0) is 32.3 Å². The fraction of sp³-hybridized carbons (Fsp3) is 0.385. The van der Waals surface area contributed by atoms with Gasteiger partial charge in [0.15, 0.2) is 0 Å². The first-order valence-corrected chi connectivity index (χ1v) is 12.4. The molecule has 0 saturated carbocycles. The van der Waals surface area contributed by atoms with E-state index in [2.05, 4.69) is 37.3 Å². The topological polar surface area (TPSA) is 163 Å². The third-order valence-electron chi connectivity index (χ3n) is 6.76. The summed E-state index contributed by atoms with van der Waals surface area (Å²) in [6, 6.07) is 3.99. The van der Waals surface area contributed by atoms with Gasteiger partial charge in [-0.25, -0.2) is 14.5 Å². The second-order valence-corrected chi connectivity index (χ2v) is 10.3. The number of aliphatic hydroxyl groups is 1. The molecule has 12 nitrogen and oxygen atoms in total. The second kappa shape index (κ2) is 9.75. The van der Waals surface area contributed by atoms with E-state index in [0.29, 0.717) is 35.9 Å². The molecule has 1 amide bonds. The Morgan fingerprint density at radius 1 is 1.18 bits per heavy atom. The first-order valence-electron chi connectivity index (χ1n) is 12.4. The smallest absolute Gasteiger partial charge is 0.252 e. The van der Waals surface area contributed by atoms with Crippen LogP contribution in [0, 0.1) is 17.2 Å². The van der Waals surface area contributed by atoms with E-state index in [4.69, 9.17) is 11.0 Å². The molecule has 196 valence electrons. The van der Waals surface area contributed by atoms with Crippen molar-refractivity contribution in [3.63, 3.8) is 0 Å². The molecule has 4 aromatic heterocycles. The fourth-order valence-corrected chi connectivity index (χ4v) is 4.89. The molecule has 1 aliphatic heterocycles. The Balaban J connectivity index is 1.47. The molecule has 1 aliphatic rings. The molecule has 1 fully saturated rings. The summed E-state index contributed by atoms with van der Waals surface area (Å²) in [6.45, 7) is 7.30. The lowest BCUT2D eigenvalue weighted by Crippen LogP contribution is -2.31. The maximum Gasteiger partial charge on any atom is 0.252 e. The number of nitrogens with two attached hydrogens (primary N) is 1. The van der Waals surface area contributed by atoms with Gasteiger partial charge in [0.25, 0.3) is 5.91 Å². The quantitative estimate of drug-likeness (QED) is 0.319. The van der Waals surface area contributed by atoms with Crippen LogP contribution in [0.1, 0.15) is 43.1 Å². The normalized spacial score (nSPS) is 17.6. The molecular formula is C26H30N10O2. The molecule has 0 aliphatic carbocycles. The van der Waals surface area contributed by atoms with E-state index in [1.165, 1.54) is 18.6 Å². The summed E-state index contributed by atoms with van der Waals surface area (Å²) in [7, 11) is 0. The third kappa shape index (κ3) is 5.01. The van der Waals surface area contributed by atoms with Crippen LogP contribution >= 0.6 is 0 Å². The molecule has 0 radical (unpaired) electrons. The van der Waals surface area contributed by atoms with Crippen molar-refractivity contribution in [1.82, 2.24) is 29.4 Å². The van der Waals surface area contributed by atoms with Gasteiger partial charge in [-0.3, -0.25) is 9.48 Å². The minimum absolute atomic E-state index is 0.00331. The van der Waals surface area contributed by atoms with Crippen molar-refractivity contribution in [3.05, 3.63) is 54.4 Å². The van der Waals surface area contributed by atoms with Crippen LogP contribution in [0.3, 0.4) is 0 Å². The molecule has 5 rings (SSSR count). The predicted octanol–water partition coefficient (Wildman–Crippen LogP) is 2.06. The molecule has 4 aromatic rings. The molecule has 0 unspecified atom stereocenters. The summed E-state index contributed by atoms with van der Waals surface area (Å²) < 4.78 is 3.41. The summed E-state index contributed by atoms with van der Waals surface area (Å²) in [6.07, 6.45) is 10.9. The van der Waals surface area contributed by atoms with Gasteiger partial charge in [0.2, 0.25) is 5.95 Å². The van der Waals surface area contributed by atoms with Gasteiger partial charge in [0.1, 0.15) is 6.07 Å². The van der Waals surface area contributed by atoms with Crippen LogP contribution in [-0.4, -0.2) is 65.1 Å². The van der Waals surface area contributed by atoms with Crippen LogP contribution in [0.25, 0.3) is 16.6 Å². The van der Waals surface area contributed by atoms with Crippen LogP contribution in [0.5, 0.6) is 0 Å². The molecule has 12 heteroatoms. The van der Waals surface area contributed by atoms with E-state index in [0.717, 1.165) is 29.6 Å². The fourth-order valence-electron chi connectivity index (χ4n) is 4.89. The average Bonchev–Trinajstić information content (AvgIpc) is 3.61. The van der Waals surface area contributed by atoms with Crippen molar-refractivity contribution in [3.8, 4) is 17.2 Å². The lowest BCUT2D eigenvalue weighted by atomic mass is 10.00. The Kier molecular flexibility index (Phi) is 6.46. The molecule has 0 aromatic carbocycles. The minimum Gasteiger partial charge on any atom is -0.389 e. The van der Waals surface area contributed by atoms with E-state index in [1.54, 1.807) is 29.2 Å². The van der Waals surface area contributed by atoms with E-state index < -0.39 is 11.5 Å². The molecule has 5 heterocycles. The number of fused-ring (bicyclic) bond motifs is 1. The summed E-state index contributed by atoms with van der Waals surface area (Å²) >= 11 is 0. The summed E-state index contributed by atoms with van der Waals surface area (Å²) in [5.41, 5.74) is 8.65. The number of nitrogens with one attached hydrogen (secondary N) is 1. The number of carbonyl (C=O) groups is 1. The lowest BCUT2D eigenvalue weighted by molar-refractivity contribution is 0.0577. The van der Waals surface area contributed by atoms with Gasteiger partial charge in [-0.2, -0.15) is 15.5 Å². The van der Waals surface area contributed by atoms with Gasteiger partial charge in [-0.15, -0.1) is 0 Å². The average molecular weight is 515 g/mol. The van der Waals surface area contributed by atoms with Crippen molar-refractivity contribution in [2.75, 3.05) is 23.3 Å². The van der Waals surface area contributed by atoms with E-state index in [-0.39, 0.29) is 12.0 Å². The SMILES string of the molecule is CC[C@@H]1CN(c2ncc(C#N)cn2)C[C@H]1Nc1c(C(N)=O)cnn2cc(-c3cnn(CC(C)(C)O)c3)cc12. The highest BCUT2D eigenvalue weighted by Gasteiger charge is 2.34. The van der Waals surface area contributed by atoms with Gasteiger partial charge in [-0.1, -0.05) is 6.92 Å². The maximum absolute atomic E-state index is 12.4. The van der Waals surface area contributed by atoms with E-state index in [9.17, 15) is 9.90 Å². The highest BCUT2D eigenvalue weighted by molar-refractivity contribution is 6.02. The Bertz CT molecular complexity index is 1510. The molecule has 2 atom stereocenters. The lowest BCUT2D eigenvalue weighted by Gasteiger charge is -2.21.